The highest BCUT2D eigenvalue weighted by atomic mass is 16.5. The number of carbonyl (C=O) groups is 2. The maximum Gasteiger partial charge on any atom is 0.254 e. The minimum atomic E-state index is -0.286. The highest BCUT2D eigenvalue weighted by Gasteiger charge is 2.29. The Kier molecular flexibility index (Phi) is 5.55. The average Bonchev–Trinajstić information content (AvgIpc) is 3.22. The molecule has 0 N–H and O–H groups in total. The molecule has 1 aliphatic heterocycles. The second-order valence-corrected chi connectivity index (χ2v) is 6.26. The van der Waals surface area contributed by atoms with Crippen LogP contribution in [-0.4, -0.2) is 64.7 Å². The lowest BCUT2D eigenvalue weighted by Gasteiger charge is -2.36. The summed E-state index contributed by atoms with van der Waals surface area (Å²) in [5.41, 5.74) is 0.604. The van der Waals surface area contributed by atoms with Gasteiger partial charge in [0.25, 0.3) is 5.91 Å². The first-order valence-electron chi connectivity index (χ1n) is 8.85. The van der Waals surface area contributed by atoms with Gasteiger partial charge in [-0.25, -0.2) is 0 Å². The number of hydrogen-bond acceptors (Lipinski definition) is 4. The van der Waals surface area contributed by atoms with E-state index in [4.69, 9.17) is 4.74 Å². The van der Waals surface area contributed by atoms with Crippen molar-refractivity contribution in [2.24, 2.45) is 0 Å². The SMILES string of the molecule is CC[C@@H](C(=O)N1CCN(C(=O)c2cccc(OC)c2)CC1)n1cccn1. The van der Waals surface area contributed by atoms with E-state index in [1.165, 1.54) is 0 Å². The van der Waals surface area contributed by atoms with Crippen LogP contribution >= 0.6 is 0 Å². The minimum Gasteiger partial charge on any atom is -0.497 e. The Balaban J connectivity index is 1.61. The van der Waals surface area contributed by atoms with Gasteiger partial charge >= 0.3 is 0 Å². The van der Waals surface area contributed by atoms with Gasteiger partial charge in [0.15, 0.2) is 0 Å². The fourth-order valence-corrected chi connectivity index (χ4v) is 3.22. The highest BCUT2D eigenvalue weighted by molar-refractivity contribution is 5.94. The standard InChI is InChI=1S/C19H24N4O3/c1-3-17(23-9-5-8-20-23)19(25)22-12-10-21(11-13-22)18(24)15-6-4-7-16(14-15)26-2/h4-9,14,17H,3,10-13H2,1-2H3/t17-/m0/s1. The Labute approximate surface area is 153 Å². The first kappa shape index (κ1) is 18.0. The number of nitrogens with zero attached hydrogens (tertiary/aromatic N) is 4. The second-order valence-electron chi connectivity index (χ2n) is 6.26. The molecule has 1 fully saturated rings. The Morgan fingerprint density at radius 3 is 2.50 bits per heavy atom. The van der Waals surface area contributed by atoms with Crippen LogP contribution in [0.25, 0.3) is 0 Å². The number of ether oxygens (including phenoxy) is 1. The molecule has 0 saturated carbocycles. The number of rotatable bonds is 5. The third kappa shape index (κ3) is 3.71. The molecule has 26 heavy (non-hydrogen) atoms. The first-order valence-corrected chi connectivity index (χ1v) is 8.85. The lowest BCUT2D eigenvalue weighted by Crippen LogP contribution is -2.52. The van der Waals surface area contributed by atoms with E-state index in [9.17, 15) is 9.59 Å². The molecule has 0 bridgehead atoms. The monoisotopic (exact) mass is 356 g/mol. The lowest BCUT2D eigenvalue weighted by molar-refractivity contribution is -0.136. The molecule has 1 atom stereocenters. The predicted molar refractivity (Wildman–Crippen MR) is 97.0 cm³/mol. The third-order valence-corrected chi connectivity index (χ3v) is 4.71. The smallest absolute Gasteiger partial charge is 0.254 e. The summed E-state index contributed by atoms with van der Waals surface area (Å²) in [5.74, 6) is 0.689. The summed E-state index contributed by atoms with van der Waals surface area (Å²) in [6.07, 6.45) is 4.18. The largest absolute Gasteiger partial charge is 0.497 e. The van der Waals surface area contributed by atoms with Crippen molar-refractivity contribution >= 4 is 11.8 Å². The average molecular weight is 356 g/mol. The maximum atomic E-state index is 12.8. The fraction of sp³-hybridized carbons (Fsp3) is 0.421. The van der Waals surface area contributed by atoms with Crippen molar-refractivity contribution in [3.63, 3.8) is 0 Å². The van der Waals surface area contributed by atoms with Crippen molar-refractivity contribution in [3.05, 3.63) is 48.3 Å². The molecule has 1 saturated heterocycles. The van der Waals surface area contributed by atoms with Gasteiger partial charge in [-0.15, -0.1) is 0 Å². The van der Waals surface area contributed by atoms with E-state index in [-0.39, 0.29) is 17.9 Å². The Hall–Kier alpha value is -2.83. The number of benzene rings is 1. The fourth-order valence-electron chi connectivity index (χ4n) is 3.22. The number of methoxy groups -OCH3 is 1. The van der Waals surface area contributed by atoms with E-state index in [2.05, 4.69) is 5.10 Å². The van der Waals surface area contributed by atoms with Crippen LogP contribution < -0.4 is 4.74 Å². The molecule has 0 unspecified atom stereocenters. The molecule has 2 heterocycles. The summed E-state index contributed by atoms with van der Waals surface area (Å²) in [7, 11) is 1.58. The van der Waals surface area contributed by atoms with E-state index in [1.807, 2.05) is 36.2 Å². The summed E-state index contributed by atoms with van der Waals surface area (Å²) in [5, 5.41) is 4.20. The molecule has 1 aromatic heterocycles. The highest BCUT2D eigenvalue weighted by Crippen LogP contribution is 2.18. The molecule has 2 aromatic rings. The van der Waals surface area contributed by atoms with Gasteiger partial charge in [-0.05, 0) is 30.7 Å². The van der Waals surface area contributed by atoms with Gasteiger partial charge in [-0.3, -0.25) is 14.3 Å². The summed E-state index contributed by atoms with van der Waals surface area (Å²) >= 11 is 0. The zero-order valence-corrected chi connectivity index (χ0v) is 15.2. The molecular weight excluding hydrogens is 332 g/mol. The number of amides is 2. The van der Waals surface area contributed by atoms with Gasteiger partial charge in [0, 0.05) is 44.1 Å². The van der Waals surface area contributed by atoms with Crippen LogP contribution in [0.4, 0.5) is 0 Å². The lowest BCUT2D eigenvalue weighted by atomic mass is 10.1. The normalized spacial score (nSPS) is 15.6. The Morgan fingerprint density at radius 2 is 1.88 bits per heavy atom. The molecule has 138 valence electrons. The zero-order chi connectivity index (χ0) is 18.5. The summed E-state index contributed by atoms with van der Waals surface area (Å²) < 4.78 is 6.89. The van der Waals surface area contributed by atoms with Gasteiger partial charge in [0.1, 0.15) is 11.8 Å². The van der Waals surface area contributed by atoms with Crippen molar-refractivity contribution < 1.29 is 14.3 Å². The van der Waals surface area contributed by atoms with Crippen molar-refractivity contribution in [1.29, 1.82) is 0 Å². The molecule has 0 radical (unpaired) electrons. The van der Waals surface area contributed by atoms with E-state index >= 15 is 0 Å². The molecule has 0 spiro atoms. The molecule has 1 aliphatic rings. The molecule has 0 aliphatic carbocycles. The quantitative estimate of drug-likeness (QED) is 0.820. The van der Waals surface area contributed by atoms with Crippen LogP contribution in [0, 0.1) is 0 Å². The van der Waals surface area contributed by atoms with Gasteiger partial charge < -0.3 is 14.5 Å². The number of carbonyl (C=O) groups excluding carboxylic acids is 2. The molecule has 3 rings (SSSR count). The number of piperazine rings is 1. The third-order valence-electron chi connectivity index (χ3n) is 4.71. The van der Waals surface area contributed by atoms with Crippen LogP contribution in [0.15, 0.2) is 42.7 Å². The van der Waals surface area contributed by atoms with Crippen LogP contribution in [0.2, 0.25) is 0 Å². The van der Waals surface area contributed by atoms with Crippen LogP contribution in [0.5, 0.6) is 5.75 Å². The molecule has 7 nitrogen and oxygen atoms in total. The zero-order valence-electron chi connectivity index (χ0n) is 15.2. The van der Waals surface area contributed by atoms with Crippen molar-refractivity contribution in [3.8, 4) is 5.75 Å². The van der Waals surface area contributed by atoms with Crippen LogP contribution in [0.1, 0.15) is 29.7 Å². The van der Waals surface area contributed by atoms with E-state index in [0.29, 0.717) is 43.9 Å². The van der Waals surface area contributed by atoms with E-state index in [1.54, 1.807) is 35.0 Å². The van der Waals surface area contributed by atoms with E-state index < -0.39 is 0 Å². The topological polar surface area (TPSA) is 67.7 Å². The van der Waals surface area contributed by atoms with Gasteiger partial charge in [0.2, 0.25) is 5.91 Å². The van der Waals surface area contributed by atoms with Crippen molar-refractivity contribution in [1.82, 2.24) is 19.6 Å². The molecule has 2 amide bonds. The second kappa shape index (κ2) is 8.03. The van der Waals surface area contributed by atoms with Crippen molar-refractivity contribution in [2.75, 3.05) is 33.3 Å². The van der Waals surface area contributed by atoms with Crippen LogP contribution in [-0.2, 0) is 4.79 Å². The number of aromatic nitrogens is 2. The van der Waals surface area contributed by atoms with Gasteiger partial charge in [0.05, 0.1) is 7.11 Å². The van der Waals surface area contributed by atoms with Gasteiger partial charge in [-0.2, -0.15) is 5.10 Å². The Bertz CT molecular complexity index is 752. The number of hydrogen-bond donors (Lipinski definition) is 0. The maximum absolute atomic E-state index is 12.8. The summed E-state index contributed by atoms with van der Waals surface area (Å²) in [4.78, 5) is 29.1. The Morgan fingerprint density at radius 1 is 1.15 bits per heavy atom. The molecule has 1 aromatic carbocycles. The van der Waals surface area contributed by atoms with E-state index in [0.717, 1.165) is 0 Å². The van der Waals surface area contributed by atoms with Crippen LogP contribution in [0.3, 0.4) is 0 Å². The summed E-state index contributed by atoms with van der Waals surface area (Å²) in [6, 6.07) is 8.68. The summed E-state index contributed by atoms with van der Waals surface area (Å²) in [6.45, 7) is 4.10. The minimum absolute atomic E-state index is 0.0323. The predicted octanol–water partition coefficient (Wildman–Crippen LogP) is 1.83. The van der Waals surface area contributed by atoms with Gasteiger partial charge in [-0.1, -0.05) is 13.0 Å². The first-order chi connectivity index (χ1) is 12.6. The van der Waals surface area contributed by atoms with Crippen molar-refractivity contribution in [2.45, 2.75) is 19.4 Å². The molecule has 7 heteroatoms. The molecular formula is C19H24N4O3.